The summed E-state index contributed by atoms with van der Waals surface area (Å²) in [5.41, 5.74) is 0.203. The monoisotopic (exact) mass is 387 g/mol. The van der Waals surface area contributed by atoms with Crippen LogP contribution in [0.2, 0.25) is 0 Å². The van der Waals surface area contributed by atoms with Crippen molar-refractivity contribution in [2.24, 2.45) is 0 Å². The van der Waals surface area contributed by atoms with Crippen LogP contribution in [0.1, 0.15) is 12.5 Å². The van der Waals surface area contributed by atoms with Crippen LogP contribution in [0.4, 0.5) is 9.18 Å². The van der Waals surface area contributed by atoms with Gasteiger partial charge in [-0.3, -0.25) is 4.79 Å². The molecular weight excluding hydrogens is 365 g/mol. The van der Waals surface area contributed by atoms with Gasteiger partial charge in [-0.25, -0.2) is 22.3 Å². The van der Waals surface area contributed by atoms with Crippen molar-refractivity contribution in [1.29, 1.82) is 0 Å². The van der Waals surface area contributed by atoms with Crippen LogP contribution in [0.5, 0.6) is 0 Å². The van der Waals surface area contributed by atoms with E-state index < -0.39 is 34.4 Å². The molecule has 1 N–H and O–H groups in total. The second-order valence-electron chi connectivity index (χ2n) is 5.80. The number of carbonyl (C=O) groups excluding carboxylic acids is 2. The number of nitrogens with one attached hydrogen (secondary N) is 1. The quantitative estimate of drug-likeness (QED) is 0.803. The molecule has 1 aliphatic rings. The zero-order valence-corrected chi connectivity index (χ0v) is 15.5. The standard InChI is InChI=1S/C16H22FN3O5S/c1-3-25-16(22)20-8-6-19(7-9-20)15(21)11-18-26(23,24)13-4-5-14(17)12(2)10-13/h4-5,10,18H,3,6-9,11H2,1-2H3. The number of carbonyl (C=O) groups is 2. The van der Waals surface area contributed by atoms with Crippen molar-refractivity contribution < 1.29 is 27.1 Å². The first-order valence-electron chi connectivity index (χ1n) is 8.20. The zero-order valence-electron chi connectivity index (χ0n) is 14.7. The Labute approximate surface area is 152 Å². The van der Waals surface area contributed by atoms with Crippen molar-refractivity contribution in [1.82, 2.24) is 14.5 Å². The summed E-state index contributed by atoms with van der Waals surface area (Å²) >= 11 is 0. The van der Waals surface area contributed by atoms with E-state index in [1.165, 1.54) is 22.8 Å². The number of hydrogen-bond donors (Lipinski definition) is 1. The number of nitrogens with zero attached hydrogens (tertiary/aromatic N) is 2. The molecule has 0 unspecified atom stereocenters. The molecule has 0 bridgehead atoms. The van der Waals surface area contributed by atoms with Gasteiger partial charge in [-0.1, -0.05) is 0 Å². The van der Waals surface area contributed by atoms with Crippen molar-refractivity contribution in [3.05, 3.63) is 29.6 Å². The Morgan fingerprint density at radius 1 is 1.19 bits per heavy atom. The third-order valence-corrected chi connectivity index (χ3v) is 5.41. The van der Waals surface area contributed by atoms with E-state index in [9.17, 15) is 22.4 Å². The fourth-order valence-electron chi connectivity index (χ4n) is 2.49. The summed E-state index contributed by atoms with van der Waals surface area (Å²) < 4.78 is 44.8. The minimum Gasteiger partial charge on any atom is -0.450 e. The summed E-state index contributed by atoms with van der Waals surface area (Å²) in [7, 11) is -3.91. The van der Waals surface area contributed by atoms with Gasteiger partial charge in [0.25, 0.3) is 0 Å². The van der Waals surface area contributed by atoms with E-state index in [0.717, 1.165) is 12.1 Å². The lowest BCUT2D eigenvalue weighted by Crippen LogP contribution is -2.52. The third kappa shape index (κ3) is 4.92. The summed E-state index contributed by atoms with van der Waals surface area (Å²) in [5, 5.41) is 0. The maximum absolute atomic E-state index is 13.3. The smallest absolute Gasteiger partial charge is 0.409 e. The minimum absolute atomic E-state index is 0.101. The van der Waals surface area contributed by atoms with E-state index in [2.05, 4.69) is 4.72 Å². The average molecular weight is 387 g/mol. The van der Waals surface area contributed by atoms with Crippen LogP contribution in [0.3, 0.4) is 0 Å². The van der Waals surface area contributed by atoms with Crippen molar-refractivity contribution in [3.8, 4) is 0 Å². The second-order valence-corrected chi connectivity index (χ2v) is 7.57. The Hall–Kier alpha value is -2.20. The van der Waals surface area contributed by atoms with Crippen LogP contribution in [-0.2, 0) is 19.6 Å². The summed E-state index contributed by atoms with van der Waals surface area (Å²) in [5.74, 6) is -0.893. The summed E-state index contributed by atoms with van der Waals surface area (Å²) in [6.07, 6.45) is -0.424. The molecule has 2 rings (SSSR count). The Kier molecular flexibility index (Phi) is 6.54. The lowest BCUT2D eigenvalue weighted by molar-refractivity contribution is -0.131. The highest BCUT2D eigenvalue weighted by molar-refractivity contribution is 7.89. The Balaban J connectivity index is 1.88. The first-order valence-corrected chi connectivity index (χ1v) is 9.68. The number of halogens is 1. The fourth-order valence-corrected chi connectivity index (χ4v) is 3.55. The molecule has 26 heavy (non-hydrogen) atoms. The van der Waals surface area contributed by atoms with Crippen molar-refractivity contribution >= 4 is 22.0 Å². The molecule has 1 aromatic rings. The first kappa shape index (κ1) is 20.1. The molecule has 0 radical (unpaired) electrons. The van der Waals surface area contributed by atoms with E-state index >= 15 is 0 Å². The molecule has 1 heterocycles. The Morgan fingerprint density at radius 3 is 2.38 bits per heavy atom. The van der Waals surface area contributed by atoms with Crippen molar-refractivity contribution in [3.63, 3.8) is 0 Å². The van der Waals surface area contributed by atoms with Crippen LogP contribution in [0.15, 0.2) is 23.1 Å². The van der Waals surface area contributed by atoms with Gasteiger partial charge in [-0.05, 0) is 37.6 Å². The summed E-state index contributed by atoms with van der Waals surface area (Å²) in [4.78, 5) is 26.7. The van der Waals surface area contributed by atoms with Gasteiger partial charge in [0.15, 0.2) is 0 Å². The number of amides is 2. The van der Waals surface area contributed by atoms with E-state index in [-0.39, 0.29) is 17.1 Å². The Bertz CT molecular complexity index is 776. The van der Waals surface area contributed by atoms with Gasteiger partial charge in [-0.2, -0.15) is 0 Å². The number of rotatable bonds is 5. The van der Waals surface area contributed by atoms with Crippen LogP contribution < -0.4 is 4.72 Å². The summed E-state index contributed by atoms with van der Waals surface area (Å²) in [6, 6.07) is 3.42. The maximum Gasteiger partial charge on any atom is 0.409 e. The highest BCUT2D eigenvalue weighted by Gasteiger charge is 2.26. The molecule has 144 valence electrons. The predicted molar refractivity (Wildman–Crippen MR) is 91.5 cm³/mol. The van der Waals surface area contributed by atoms with Gasteiger partial charge >= 0.3 is 6.09 Å². The number of benzene rings is 1. The van der Waals surface area contributed by atoms with Gasteiger partial charge in [0.05, 0.1) is 18.0 Å². The van der Waals surface area contributed by atoms with Gasteiger partial charge in [0.1, 0.15) is 5.82 Å². The molecule has 1 saturated heterocycles. The largest absolute Gasteiger partial charge is 0.450 e. The lowest BCUT2D eigenvalue weighted by atomic mass is 10.2. The van der Waals surface area contributed by atoms with Gasteiger partial charge in [0.2, 0.25) is 15.9 Å². The molecule has 2 amide bonds. The highest BCUT2D eigenvalue weighted by atomic mass is 32.2. The van der Waals surface area contributed by atoms with Gasteiger partial charge in [0, 0.05) is 26.2 Å². The number of ether oxygens (including phenoxy) is 1. The summed E-state index contributed by atoms with van der Waals surface area (Å²) in [6.45, 7) is 4.31. The van der Waals surface area contributed by atoms with Crippen LogP contribution in [-0.4, -0.2) is 69.5 Å². The lowest BCUT2D eigenvalue weighted by Gasteiger charge is -2.34. The number of aryl methyl sites for hydroxylation is 1. The van der Waals surface area contributed by atoms with Crippen LogP contribution in [0.25, 0.3) is 0 Å². The number of hydrogen-bond acceptors (Lipinski definition) is 5. The highest BCUT2D eigenvalue weighted by Crippen LogP contribution is 2.14. The second kappa shape index (κ2) is 8.45. The molecule has 10 heteroatoms. The molecule has 1 fully saturated rings. The zero-order chi connectivity index (χ0) is 19.3. The number of sulfonamides is 1. The average Bonchev–Trinajstić information content (AvgIpc) is 2.62. The Morgan fingerprint density at radius 2 is 1.81 bits per heavy atom. The van der Waals surface area contributed by atoms with E-state index in [4.69, 9.17) is 4.74 Å². The van der Waals surface area contributed by atoms with Gasteiger partial charge < -0.3 is 14.5 Å². The molecule has 0 aliphatic carbocycles. The molecular formula is C16H22FN3O5S. The molecule has 1 aromatic carbocycles. The molecule has 0 aromatic heterocycles. The molecule has 8 nitrogen and oxygen atoms in total. The molecule has 0 spiro atoms. The van der Waals surface area contributed by atoms with Crippen molar-refractivity contribution in [2.45, 2.75) is 18.7 Å². The normalized spacial score (nSPS) is 15.0. The van der Waals surface area contributed by atoms with E-state index in [1.54, 1.807) is 6.92 Å². The van der Waals surface area contributed by atoms with Crippen LogP contribution in [0, 0.1) is 12.7 Å². The molecule has 0 atom stereocenters. The topological polar surface area (TPSA) is 96.0 Å². The third-order valence-electron chi connectivity index (χ3n) is 4.01. The van der Waals surface area contributed by atoms with E-state index in [0.29, 0.717) is 26.2 Å². The van der Waals surface area contributed by atoms with E-state index in [1.807, 2.05) is 0 Å². The SMILES string of the molecule is CCOC(=O)N1CCN(C(=O)CNS(=O)(=O)c2ccc(F)c(C)c2)CC1. The van der Waals surface area contributed by atoms with Crippen molar-refractivity contribution in [2.75, 3.05) is 39.3 Å². The molecule has 1 aliphatic heterocycles. The van der Waals surface area contributed by atoms with Crippen LogP contribution >= 0.6 is 0 Å². The maximum atomic E-state index is 13.3. The molecule has 0 saturated carbocycles. The number of piperazine rings is 1. The first-order chi connectivity index (χ1) is 12.2. The van der Waals surface area contributed by atoms with Gasteiger partial charge in [-0.15, -0.1) is 0 Å². The minimum atomic E-state index is -3.91. The predicted octanol–water partition coefficient (Wildman–Crippen LogP) is 0.713. The fraction of sp³-hybridized carbons (Fsp3) is 0.500.